The Hall–Kier alpha value is -0.460. The summed E-state index contributed by atoms with van der Waals surface area (Å²) in [4.78, 5) is 0. The van der Waals surface area contributed by atoms with Gasteiger partial charge in [-0.1, -0.05) is 0 Å². The van der Waals surface area contributed by atoms with Crippen molar-refractivity contribution in [2.24, 2.45) is 5.41 Å². The average Bonchev–Trinajstić information content (AvgIpc) is 2.25. The zero-order chi connectivity index (χ0) is 4.20. The summed E-state index contributed by atoms with van der Waals surface area (Å²) in [5.41, 5.74) is 0.306. The fourth-order valence-electron chi connectivity index (χ4n) is 0.761. The predicted octanol–water partition coefficient (Wildman–Crippen LogP) is 1.22. The molecule has 2 aliphatic carbocycles. The minimum absolute atomic E-state index is 0.306. The molecule has 0 radical (unpaired) electrons. The van der Waals surface area contributed by atoms with Crippen LogP contribution in [-0.4, -0.2) is 5.11 Å². The van der Waals surface area contributed by atoms with Crippen molar-refractivity contribution in [1.29, 1.82) is 0 Å². The number of allylic oxidation sites excluding steroid dienone is 2. The van der Waals surface area contributed by atoms with Crippen LogP contribution in [0.1, 0.15) is 12.8 Å². The van der Waals surface area contributed by atoms with Crippen LogP contribution in [0, 0.1) is 5.41 Å². The molecule has 2 rings (SSSR count). The lowest BCUT2D eigenvalue weighted by Gasteiger charge is -1.74. The first-order valence-electron chi connectivity index (χ1n) is 2.26. The van der Waals surface area contributed by atoms with Crippen molar-refractivity contribution in [2.75, 3.05) is 0 Å². The Morgan fingerprint density at radius 2 is 2.17 bits per heavy atom. The van der Waals surface area contributed by atoms with Gasteiger partial charge >= 0.3 is 0 Å². The first-order valence-corrected chi connectivity index (χ1v) is 2.26. The van der Waals surface area contributed by atoms with Crippen LogP contribution in [0.3, 0.4) is 0 Å². The lowest BCUT2D eigenvalue weighted by molar-refractivity contribution is 0.405. The number of aliphatic hydroxyl groups is 1. The molecule has 0 atom stereocenters. The summed E-state index contributed by atoms with van der Waals surface area (Å²) in [6, 6.07) is 0. The fraction of sp³-hybridized carbons (Fsp3) is 0.600. The molecular weight excluding hydrogens is 76.1 g/mol. The highest BCUT2D eigenvalue weighted by Crippen LogP contribution is 2.62. The molecule has 0 aliphatic heterocycles. The smallest absolute Gasteiger partial charge is 0.0993 e. The number of hydrogen-bond donors (Lipinski definition) is 1. The van der Waals surface area contributed by atoms with Gasteiger partial charge in [0.2, 0.25) is 0 Å². The van der Waals surface area contributed by atoms with E-state index in [1.54, 1.807) is 0 Å². The monoisotopic (exact) mass is 82.0 g/mol. The van der Waals surface area contributed by atoms with Gasteiger partial charge < -0.3 is 5.11 Å². The third-order valence-corrected chi connectivity index (χ3v) is 1.63. The molecule has 1 saturated carbocycles. The molecule has 1 nitrogen and oxygen atoms in total. The zero-order valence-corrected chi connectivity index (χ0v) is 3.44. The Bertz CT molecular complexity index is 120. The van der Waals surface area contributed by atoms with Gasteiger partial charge in [-0.25, -0.2) is 0 Å². The van der Waals surface area contributed by atoms with Gasteiger partial charge in [0.15, 0.2) is 0 Å². The van der Waals surface area contributed by atoms with Crippen LogP contribution in [0.2, 0.25) is 0 Å². The molecule has 1 spiro atoms. The Morgan fingerprint density at radius 1 is 1.67 bits per heavy atom. The molecule has 0 aromatic heterocycles. The molecule has 1 heteroatoms. The molecule has 1 N–H and O–H groups in total. The summed E-state index contributed by atoms with van der Waals surface area (Å²) >= 11 is 0. The Balaban J connectivity index is 2.26. The van der Waals surface area contributed by atoms with E-state index >= 15 is 0 Å². The summed E-state index contributed by atoms with van der Waals surface area (Å²) < 4.78 is 0. The van der Waals surface area contributed by atoms with E-state index in [9.17, 15) is 0 Å². The van der Waals surface area contributed by atoms with E-state index in [1.165, 1.54) is 12.8 Å². The highest BCUT2D eigenvalue weighted by Gasteiger charge is 2.55. The molecule has 0 heterocycles. The van der Waals surface area contributed by atoms with Gasteiger partial charge in [0, 0.05) is 5.41 Å². The third-order valence-electron chi connectivity index (χ3n) is 1.63. The molecule has 0 aromatic carbocycles. The van der Waals surface area contributed by atoms with Crippen molar-refractivity contribution in [3.8, 4) is 0 Å². The van der Waals surface area contributed by atoms with E-state index in [0.717, 1.165) is 0 Å². The van der Waals surface area contributed by atoms with Gasteiger partial charge in [-0.05, 0) is 18.9 Å². The maximum absolute atomic E-state index is 8.62. The summed E-state index contributed by atoms with van der Waals surface area (Å²) in [6.45, 7) is 0. The second-order valence-corrected chi connectivity index (χ2v) is 2.19. The summed E-state index contributed by atoms with van der Waals surface area (Å²) in [7, 11) is 0. The van der Waals surface area contributed by atoms with Gasteiger partial charge in [-0.2, -0.15) is 0 Å². The van der Waals surface area contributed by atoms with Crippen LogP contribution in [-0.2, 0) is 0 Å². The van der Waals surface area contributed by atoms with Crippen molar-refractivity contribution < 1.29 is 5.11 Å². The maximum Gasteiger partial charge on any atom is 0.0993 e. The van der Waals surface area contributed by atoms with Crippen molar-refractivity contribution in [1.82, 2.24) is 0 Å². The Morgan fingerprint density at radius 3 is 2.17 bits per heavy atom. The minimum Gasteiger partial charge on any atom is -0.512 e. The highest BCUT2D eigenvalue weighted by molar-refractivity contribution is 5.39. The summed E-state index contributed by atoms with van der Waals surface area (Å²) in [5, 5.41) is 8.62. The molecule has 0 aromatic rings. The molecule has 32 valence electrons. The predicted molar refractivity (Wildman–Crippen MR) is 22.4 cm³/mol. The van der Waals surface area contributed by atoms with Crippen molar-refractivity contribution >= 4 is 0 Å². The molecule has 1 fully saturated rings. The largest absolute Gasteiger partial charge is 0.512 e. The van der Waals surface area contributed by atoms with Gasteiger partial charge in [0.05, 0.1) is 5.76 Å². The average molecular weight is 82.1 g/mol. The molecule has 0 bridgehead atoms. The van der Waals surface area contributed by atoms with E-state index in [-0.39, 0.29) is 0 Å². The number of aliphatic hydroxyl groups excluding tert-OH is 1. The fourth-order valence-corrected chi connectivity index (χ4v) is 0.761. The molecule has 0 unspecified atom stereocenters. The van der Waals surface area contributed by atoms with E-state index in [4.69, 9.17) is 5.11 Å². The lowest BCUT2D eigenvalue weighted by atomic mass is 10.4. The topological polar surface area (TPSA) is 20.2 Å². The third kappa shape index (κ3) is 0.125. The molecular formula is C5H6O. The van der Waals surface area contributed by atoms with Crippen LogP contribution in [0.4, 0.5) is 0 Å². The summed E-state index contributed by atoms with van der Waals surface area (Å²) in [6.07, 6.45) is 4.35. The maximum atomic E-state index is 8.62. The lowest BCUT2D eigenvalue weighted by Crippen LogP contribution is -1.69. The number of hydrogen-bond acceptors (Lipinski definition) is 1. The van der Waals surface area contributed by atoms with Gasteiger partial charge in [0.25, 0.3) is 0 Å². The van der Waals surface area contributed by atoms with Crippen LogP contribution >= 0.6 is 0 Å². The SMILES string of the molecule is OC1=CC12CC2. The second kappa shape index (κ2) is 0.427. The minimum atomic E-state index is 0.306. The molecule has 2 aliphatic rings. The van der Waals surface area contributed by atoms with Gasteiger partial charge in [0.1, 0.15) is 0 Å². The van der Waals surface area contributed by atoms with E-state index < -0.39 is 0 Å². The van der Waals surface area contributed by atoms with Gasteiger partial charge in [-0.3, -0.25) is 0 Å². The van der Waals surface area contributed by atoms with E-state index in [2.05, 4.69) is 0 Å². The number of rotatable bonds is 0. The van der Waals surface area contributed by atoms with Crippen molar-refractivity contribution in [3.05, 3.63) is 11.8 Å². The van der Waals surface area contributed by atoms with Crippen LogP contribution in [0.15, 0.2) is 11.8 Å². The first kappa shape index (κ1) is 2.67. The Kier molecular flexibility index (Phi) is 0.190. The Labute approximate surface area is 36.3 Å². The molecule has 0 amide bonds. The van der Waals surface area contributed by atoms with E-state index in [0.29, 0.717) is 11.2 Å². The van der Waals surface area contributed by atoms with Crippen molar-refractivity contribution in [3.63, 3.8) is 0 Å². The zero-order valence-electron chi connectivity index (χ0n) is 3.44. The molecule has 6 heavy (non-hydrogen) atoms. The van der Waals surface area contributed by atoms with Crippen LogP contribution in [0.25, 0.3) is 0 Å². The second-order valence-electron chi connectivity index (χ2n) is 2.19. The first-order chi connectivity index (χ1) is 2.83. The van der Waals surface area contributed by atoms with Gasteiger partial charge in [-0.15, -0.1) is 0 Å². The quantitative estimate of drug-likeness (QED) is 0.466. The van der Waals surface area contributed by atoms with E-state index in [1.807, 2.05) is 6.08 Å². The van der Waals surface area contributed by atoms with Crippen molar-refractivity contribution in [2.45, 2.75) is 12.8 Å². The summed E-state index contributed by atoms with van der Waals surface area (Å²) in [5.74, 6) is 0.641. The standard InChI is InChI=1S/C5H6O/c6-4-3-5(4)1-2-5/h3,6H,1-2H2. The normalized spacial score (nSPS) is 33.0. The molecule has 0 saturated heterocycles. The highest BCUT2D eigenvalue weighted by atomic mass is 16.3. The van der Waals surface area contributed by atoms with Crippen LogP contribution < -0.4 is 0 Å². The van der Waals surface area contributed by atoms with Crippen LogP contribution in [0.5, 0.6) is 0 Å².